The number of carbonyl (C=O) groups excluding carboxylic acids is 2. The highest BCUT2D eigenvalue weighted by atomic mass is 16.2. The summed E-state index contributed by atoms with van der Waals surface area (Å²) in [4.78, 5) is 30.4. The average Bonchev–Trinajstić information content (AvgIpc) is 3.42. The highest BCUT2D eigenvalue weighted by Gasteiger charge is 2.31. The molecule has 0 aromatic carbocycles. The molecule has 0 unspecified atom stereocenters. The van der Waals surface area contributed by atoms with Crippen molar-refractivity contribution >= 4 is 17.8 Å². The van der Waals surface area contributed by atoms with Crippen molar-refractivity contribution in [3.63, 3.8) is 0 Å². The summed E-state index contributed by atoms with van der Waals surface area (Å²) in [5, 5.41) is 5.64. The van der Waals surface area contributed by atoms with Gasteiger partial charge in [0.1, 0.15) is 5.82 Å². The number of anilines is 1. The molecule has 0 bridgehead atoms. The van der Waals surface area contributed by atoms with E-state index in [4.69, 9.17) is 0 Å². The molecule has 0 spiro atoms. The van der Waals surface area contributed by atoms with Crippen molar-refractivity contribution in [2.24, 2.45) is 11.8 Å². The van der Waals surface area contributed by atoms with Crippen molar-refractivity contribution in [2.75, 3.05) is 25.0 Å². The van der Waals surface area contributed by atoms with E-state index >= 15 is 0 Å². The summed E-state index contributed by atoms with van der Waals surface area (Å²) < 4.78 is 0. The fraction of sp³-hybridized carbons (Fsp3) is 0.611. The zero-order chi connectivity index (χ0) is 16.9. The van der Waals surface area contributed by atoms with Crippen LogP contribution in [0.15, 0.2) is 18.2 Å². The van der Waals surface area contributed by atoms with Crippen molar-refractivity contribution < 1.29 is 9.59 Å². The molecular weight excluding hydrogens is 304 g/mol. The van der Waals surface area contributed by atoms with Gasteiger partial charge < -0.3 is 15.5 Å². The monoisotopic (exact) mass is 330 g/mol. The normalized spacial score (nSPS) is 16.5. The second-order valence-electron chi connectivity index (χ2n) is 6.99. The average molecular weight is 330 g/mol. The molecule has 1 heterocycles. The first kappa shape index (κ1) is 16.7. The van der Waals surface area contributed by atoms with Crippen molar-refractivity contribution in [1.82, 2.24) is 15.2 Å². The van der Waals surface area contributed by atoms with Crippen LogP contribution in [0.4, 0.5) is 10.6 Å². The number of pyridine rings is 1. The minimum atomic E-state index is -0.135. The fourth-order valence-electron chi connectivity index (χ4n) is 2.68. The number of urea groups is 1. The molecular formula is C18H26N4O2. The lowest BCUT2D eigenvalue weighted by atomic mass is 10.3. The number of hydrogen-bond donors (Lipinski definition) is 2. The zero-order valence-electron chi connectivity index (χ0n) is 14.3. The number of rotatable bonds is 8. The van der Waals surface area contributed by atoms with Gasteiger partial charge in [0.2, 0.25) is 5.91 Å². The van der Waals surface area contributed by atoms with E-state index in [0.29, 0.717) is 24.2 Å². The lowest BCUT2D eigenvalue weighted by molar-refractivity contribution is -0.116. The number of nitrogens with one attached hydrogen (secondary N) is 2. The largest absolute Gasteiger partial charge is 0.337 e. The van der Waals surface area contributed by atoms with Crippen LogP contribution in [-0.2, 0) is 4.79 Å². The minimum Gasteiger partial charge on any atom is -0.337 e. The molecule has 6 nitrogen and oxygen atoms in total. The summed E-state index contributed by atoms with van der Waals surface area (Å²) in [6.45, 7) is 3.95. The minimum absolute atomic E-state index is 0.0321. The molecule has 0 aliphatic heterocycles. The van der Waals surface area contributed by atoms with Gasteiger partial charge in [-0.3, -0.25) is 4.79 Å². The molecule has 1 aromatic rings. The Morgan fingerprint density at radius 1 is 1.17 bits per heavy atom. The molecule has 24 heavy (non-hydrogen) atoms. The van der Waals surface area contributed by atoms with Gasteiger partial charge in [-0.2, -0.15) is 0 Å². The molecule has 2 aliphatic rings. The van der Waals surface area contributed by atoms with Crippen LogP contribution < -0.4 is 10.6 Å². The van der Waals surface area contributed by atoms with Gasteiger partial charge in [0.15, 0.2) is 0 Å². The number of carbonyl (C=O) groups is 2. The van der Waals surface area contributed by atoms with Crippen LogP contribution in [0.5, 0.6) is 0 Å². The maximum absolute atomic E-state index is 12.3. The highest BCUT2D eigenvalue weighted by Crippen LogP contribution is 2.33. The number of hydrogen-bond acceptors (Lipinski definition) is 3. The van der Waals surface area contributed by atoms with Gasteiger partial charge in [-0.05, 0) is 56.6 Å². The lowest BCUT2D eigenvalue weighted by Crippen LogP contribution is -2.43. The molecule has 3 rings (SSSR count). The summed E-state index contributed by atoms with van der Waals surface area (Å²) >= 11 is 0. The molecule has 0 radical (unpaired) electrons. The molecule has 0 saturated heterocycles. The summed E-state index contributed by atoms with van der Waals surface area (Å²) in [5.74, 6) is 1.79. The quantitative estimate of drug-likeness (QED) is 0.769. The van der Waals surface area contributed by atoms with E-state index in [0.717, 1.165) is 18.8 Å². The number of nitrogens with zero attached hydrogens (tertiary/aromatic N) is 2. The predicted molar refractivity (Wildman–Crippen MR) is 92.6 cm³/mol. The van der Waals surface area contributed by atoms with Gasteiger partial charge in [0.25, 0.3) is 0 Å². The summed E-state index contributed by atoms with van der Waals surface area (Å²) in [7, 11) is 0. The van der Waals surface area contributed by atoms with Gasteiger partial charge in [-0.1, -0.05) is 6.07 Å². The second kappa shape index (κ2) is 7.64. The molecule has 1 aromatic heterocycles. The number of aromatic nitrogens is 1. The van der Waals surface area contributed by atoms with Crippen molar-refractivity contribution in [3.05, 3.63) is 23.9 Å². The van der Waals surface area contributed by atoms with Gasteiger partial charge in [-0.15, -0.1) is 0 Å². The maximum Gasteiger partial charge on any atom is 0.317 e. The lowest BCUT2D eigenvalue weighted by Gasteiger charge is -2.23. The van der Waals surface area contributed by atoms with Gasteiger partial charge in [-0.25, -0.2) is 9.78 Å². The third-order valence-electron chi connectivity index (χ3n) is 4.42. The van der Waals surface area contributed by atoms with Gasteiger partial charge >= 0.3 is 6.03 Å². The van der Waals surface area contributed by atoms with E-state index < -0.39 is 0 Å². The Hall–Kier alpha value is -2.11. The summed E-state index contributed by atoms with van der Waals surface area (Å²) in [6, 6.07) is 5.46. The van der Waals surface area contributed by atoms with E-state index in [1.807, 2.05) is 24.0 Å². The molecule has 130 valence electrons. The van der Waals surface area contributed by atoms with E-state index in [1.165, 1.54) is 25.7 Å². The molecule has 6 heteroatoms. The van der Waals surface area contributed by atoms with Crippen LogP contribution in [0.2, 0.25) is 0 Å². The van der Waals surface area contributed by atoms with Crippen LogP contribution in [0.3, 0.4) is 0 Å². The first-order valence-electron chi connectivity index (χ1n) is 8.86. The summed E-state index contributed by atoms with van der Waals surface area (Å²) in [6.07, 6.45) is 5.20. The Bertz CT molecular complexity index is 582. The van der Waals surface area contributed by atoms with Gasteiger partial charge in [0.05, 0.1) is 0 Å². The van der Waals surface area contributed by atoms with Gasteiger partial charge in [0, 0.05) is 31.7 Å². The predicted octanol–water partition coefficient (Wildman–Crippen LogP) is 2.55. The molecule has 2 N–H and O–H groups in total. The Morgan fingerprint density at radius 2 is 1.83 bits per heavy atom. The van der Waals surface area contributed by atoms with E-state index in [-0.39, 0.29) is 18.4 Å². The Labute approximate surface area is 143 Å². The van der Waals surface area contributed by atoms with Crippen LogP contribution in [0.1, 0.15) is 37.8 Å². The van der Waals surface area contributed by atoms with Crippen molar-refractivity contribution in [1.29, 1.82) is 0 Å². The first-order chi connectivity index (χ1) is 11.6. The Balaban J connectivity index is 1.38. The fourth-order valence-corrected chi connectivity index (χ4v) is 2.68. The van der Waals surface area contributed by atoms with E-state index in [2.05, 4.69) is 15.6 Å². The van der Waals surface area contributed by atoms with Crippen LogP contribution >= 0.6 is 0 Å². The topological polar surface area (TPSA) is 74.3 Å². The number of amides is 3. The van der Waals surface area contributed by atoms with E-state index in [1.54, 1.807) is 6.07 Å². The van der Waals surface area contributed by atoms with E-state index in [9.17, 15) is 9.59 Å². The Kier molecular flexibility index (Phi) is 5.33. The zero-order valence-corrected chi connectivity index (χ0v) is 14.3. The smallest absolute Gasteiger partial charge is 0.317 e. The first-order valence-corrected chi connectivity index (χ1v) is 8.86. The molecule has 2 aliphatic carbocycles. The van der Waals surface area contributed by atoms with Crippen LogP contribution in [0, 0.1) is 18.8 Å². The molecule has 0 atom stereocenters. The maximum atomic E-state index is 12.3. The molecule has 2 saturated carbocycles. The van der Waals surface area contributed by atoms with Crippen molar-refractivity contribution in [3.8, 4) is 0 Å². The third kappa shape index (κ3) is 5.51. The SMILES string of the molecule is Cc1cccc(NC(=O)CCNC(=O)N(CC2CC2)CC2CC2)n1. The molecule has 3 amide bonds. The van der Waals surface area contributed by atoms with Crippen LogP contribution in [0.25, 0.3) is 0 Å². The third-order valence-corrected chi connectivity index (χ3v) is 4.42. The van der Waals surface area contributed by atoms with Crippen LogP contribution in [-0.4, -0.2) is 41.5 Å². The Morgan fingerprint density at radius 3 is 2.42 bits per heavy atom. The molecule has 2 fully saturated rings. The standard InChI is InChI=1S/C18H26N4O2/c1-13-3-2-4-16(20-13)21-17(23)9-10-19-18(24)22(11-14-5-6-14)12-15-7-8-15/h2-4,14-15H,5-12H2,1H3,(H,19,24)(H,20,21,23). The summed E-state index contributed by atoms with van der Waals surface area (Å²) in [5.41, 5.74) is 0.858. The highest BCUT2D eigenvalue weighted by molar-refractivity contribution is 5.90. The number of aryl methyl sites for hydroxylation is 1. The van der Waals surface area contributed by atoms with Crippen molar-refractivity contribution in [2.45, 2.75) is 39.0 Å². The second-order valence-corrected chi connectivity index (χ2v) is 6.99.